The predicted octanol–water partition coefficient (Wildman–Crippen LogP) is 5.69. The Labute approximate surface area is 157 Å². The molecule has 0 spiro atoms. The van der Waals surface area contributed by atoms with E-state index in [0.29, 0.717) is 6.61 Å². The zero-order chi connectivity index (χ0) is 15.9. The zero-order valence-corrected chi connectivity index (χ0v) is 15.5. The van der Waals surface area contributed by atoms with E-state index in [4.69, 9.17) is 16.3 Å². The van der Waals surface area contributed by atoms with Gasteiger partial charge in [-0.25, -0.2) is 0 Å². The Morgan fingerprint density at radius 1 is 0.917 bits per heavy atom. The van der Waals surface area contributed by atoms with E-state index in [0.717, 1.165) is 29.4 Å². The lowest BCUT2D eigenvalue weighted by Crippen LogP contribution is -2.12. The number of hydrogen-bond acceptors (Lipinski definition) is 3. The fourth-order valence-electron chi connectivity index (χ4n) is 2.24. The predicted molar refractivity (Wildman–Crippen MR) is 104 cm³/mol. The highest BCUT2D eigenvalue weighted by Gasteiger charge is 2.00. The van der Waals surface area contributed by atoms with Gasteiger partial charge in [-0.1, -0.05) is 48.0 Å². The minimum atomic E-state index is 0. The van der Waals surface area contributed by atoms with Gasteiger partial charge >= 0.3 is 0 Å². The second-order valence-corrected chi connectivity index (χ2v) is 6.65. The summed E-state index contributed by atoms with van der Waals surface area (Å²) in [6.45, 7) is 2.19. The minimum absolute atomic E-state index is 0. The number of rotatable bonds is 7. The maximum Gasteiger partial charge on any atom is 0.122 e. The van der Waals surface area contributed by atoms with Crippen molar-refractivity contribution in [2.45, 2.75) is 19.7 Å². The van der Waals surface area contributed by atoms with Crippen molar-refractivity contribution >= 4 is 35.3 Å². The molecule has 1 heterocycles. The lowest BCUT2D eigenvalue weighted by atomic mass is 10.2. The summed E-state index contributed by atoms with van der Waals surface area (Å²) in [6, 6.07) is 20.2. The number of ether oxygens (including phenoxy) is 1. The molecule has 24 heavy (non-hydrogen) atoms. The van der Waals surface area contributed by atoms with Gasteiger partial charge in [0.2, 0.25) is 0 Å². The maximum absolute atomic E-state index is 6.15. The molecule has 0 bridgehead atoms. The second kappa shape index (κ2) is 9.70. The molecular weight excluding hydrogens is 361 g/mol. The third-order valence-corrected chi connectivity index (χ3v) is 4.71. The van der Waals surface area contributed by atoms with Gasteiger partial charge in [-0.05, 0) is 40.8 Å². The highest BCUT2D eigenvalue weighted by Crippen LogP contribution is 2.17. The molecule has 5 heteroatoms. The normalized spacial score (nSPS) is 10.2. The van der Waals surface area contributed by atoms with Crippen LogP contribution in [0, 0.1) is 0 Å². The summed E-state index contributed by atoms with van der Waals surface area (Å²) in [5.74, 6) is 0.897. The second-order valence-electron chi connectivity index (χ2n) is 5.21. The van der Waals surface area contributed by atoms with Crippen LogP contribution in [0.25, 0.3) is 0 Å². The SMILES string of the molecule is Cl.Clc1ccccc1CNCc1ccc(OCc2cccs2)cc1. The van der Waals surface area contributed by atoms with E-state index in [2.05, 4.69) is 28.9 Å². The van der Waals surface area contributed by atoms with Crippen molar-refractivity contribution in [3.8, 4) is 5.75 Å². The van der Waals surface area contributed by atoms with Crippen LogP contribution in [-0.4, -0.2) is 0 Å². The van der Waals surface area contributed by atoms with Gasteiger partial charge in [0.05, 0.1) is 0 Å². The van der Waals surface area contributed by atoms with Crippen LogP contribution in [-0.2, 0) is 19.7 Å². The molecule has 0 saturated heterocycles. The molecule has 2 nitrogen and oxygen atoms in total. The Morgan fingerprint density at radius 2 is 1.71 bits per heavy atom. The van der Waals surface area contributed by atoms with Crippen LogP contribution in [0.1, 0.15) is 16.0 Å². The molecule has 3 rings (SSSR count). The first-order chi connectivity index (χ1) is 11.3. The van der Waals surface area contributed by atoms with Crippen molar-refractivity contribution in [2.75, 3.05) is 0 Å². The maximum atomic E-state index is 6.15. The average molecular weight is 380 g/mol. The Kier molecular flexibility index (Phi) is 7.60. The monoisotopic (exact) mass is 379 g/mol. The van der Waals surface area contributed by atoms with E-state index in [1.165, 1.54) is 10.4 Å². The summed E-state index contributed by atoms with van der Waals surface area (Å²) >= 11 is 7.86. The number of hydrogen-bond donors (Lipinski definition) is 1. The van der Waals surface area contributed by atoms with Gasteiger partial charge in [0.15, 0.2) is 0 Å². The van der Waals surface area contributed by atoms with Crippen LogP contribution in [0.3, 0.4) is 0 Å². The Hall–Kier alpha value is -1.52. The first-order valence-electron chi connectivity index (χ1n) is 7.49. The molecule has 1 N–H and O–H groups in total. The Balaban J connectivity index is 0.00000208. The van der Waals surface area contributed by atoms with Crippen LogP contribution in [0.15, 0.2) is 66.0 Å². The van der Waals surface area contributed by atoms with Gasteiger partial charge in [0.1, 0.15) is 12.4 Å². The van der Waals surface area contributed by atoms with Crippen LogP contribution in [0.2, 0.25) is 5.02 Å². The van der Waals surface area contributed by atoms with E-state index in [1.54, 1.807) is 11.3 Å². The molecule has 0 unspecified atom stereocenters. The van der Waals surface area contributed by atoms with Gasteiger partial charge < -0.3 is 10.1 Å². The lowest BCUT2D eigenvalue weighted by Gasteiger charge is -2.08. The molecule has 0 radical (unpaired) electrons. The first kappa shape index (κ1) is 18.8. The molecule has 1 aromatic heterocycles. The van der Waals surface area contributed by atoms with Crippen molar-refractivity contribution in [3.63, 3.8) is 0 Å². The van der Waals surface area contributed by atoms with Crippen molar-refractivity contribution < 1.29 is 4.74 Å². The highest BCUT2D eigenvalue weighted by atomic mass is 35.5. The van der Waals surface area contributed by atoms with Gasteiger partial charge in [-0.2, -0.15) is 0 Å². The zero-order valence-electron chi connectivity index (χ0n) is 13.1. The van der Waals surface area contributed by atoms with Crippen molar-refractivity contribution in [1.29, 1.82) is 0 Å². The number of benzene rings is 2. The first-order valence-corrected chi connectivity index (χ1v) is 8.75. The third kappa shape index (κ3) is 5.53. The molecule has 3 aromatic rings. The molecule has 0 aliphatic carbocycles. The Bertz CT molecular complexity index is 729. The molecule has 0 atom stereocenters. The largest absolute Gasteiger partial charge is 0.488 e. The van der Waals surface area contributed by atoms with Crippen LogP contribution in [0.4, 0.5) is 0 Å². The number of halogens is 2. The minimum Gasteiger partial charge on any atom is -0.488 e. The number of nitrogens with one attached hydrogen (secondary N) is 1. The summed E-state index contributed by atoms with van der Waals surface area (Å²) in [5.41, 5.74) is 2.34. The highest BCUT2D eigenvalue weighted by molar-refractivity contribution is 7.09. The topological polar surface area (TPSA) is 21.3 Å². The summed E-state index contributed by atoms with van der Waals surface area (Å²) in [7, 11) is 0. The van der Waals surface area contributed by atoms with Crippen molar-refractivity contribution in [2.24, 2.45) is 0 Å². The smallest absolute Gasteiger partial charge is 0.122 e. The molecular formula is C19H19Cl2NOS. The third-order valence-electron chi connectivity index (χ3n) is 3.49. The molecule has 0 amide bonds. The molecule has 0 aliphatic heterocycles. The van der Waals surface area contributed by atoms with E-state index in [-0.39, 0.29) is 12.4 Å². The number of thiophene rings is 1. The molecule has 0 fully saturated rings. The fourth-order valence-corrected chi connectivity index (χ4v) is 3.05. The quantitative estimate of drug-likeness (QED) is 0.568. The van der Waals surface area contributed by atoms with E-state index < -0.39 is 0 Å². The van der Waals surface area contributed by atoms with E-state index in [1.807, 2.05) is 42.5 Å². The van der Waals surface area contributed by atoms with Crippen LogP contribution >= 0.6 is 35.3 Å². The van der Waals surface area contributed by atoms with E-state index in [9.17, 15) is 0 Å². The van der Waals surface area contributed by atoms with Crippen molar-refractivity contribution in [3.05, 3.63) is 87.1 Å². The Morgan fingerprint density at radius 3 is 2.42 bits per heavy atom. The van der Waals surface area contributed by atoms with Crippen molar-refractivity contribution in [1.82, 2.24) is 5.32 Å². The van der Waals surface area contributed by atoms with Gasteiger partial charge in [0, 0.05) is 23.0 Å². The summed E-state index contributed by atoms with van der Waals surface area (Å²) in [4.78, 5) is 1.23. The average Bonchev–Trinajstić information content (AvgIpc) is 3.09. The molecule has 0 aliphatic rings. The van der Waals surface area contributed by atoms with E-state index >= 15 is 0 Å². The van der Waals surface area contributed by atoms with Crippen LogP contribution in [0.5, 0.6) is 5.75 Å². The molecule has 0 saturated carbocycles. The fraction of sp³-hybridized carbons (Fsp3) is 0.158. The summed E-state index contributed by atoms with van der Waals surface area (Å²) < 4.78 is 5.77. The van der Waals surface area contributed by atoms with Gasteiger partial charge in [-0.15, -0.1) is 23.7 Å². The molecule has 126 valence electrons. The standard InChI is InChI=1S/C19H18ClNOS.ClH/c20-19-6-2-1-4-16(19)13-21-12-15-7-9-17(10-8-15)22-14-18-5-3-11-23-18;/h1-11,21H,12-14H2;1H. The molecule has 2 aromatic carbocycles. The van der Waals surface area contributed by atoms with Gasteiger partial charge in [0.25, 0.3) is 0 Å². The summed E-state index contributed by atoms with van der Waals surface area (Å²) in [5, 5.41) is 6.27. The van der Waals surface area contributed by atoms with Gasteiger partial charge in [-0.3, -0.25) is 0 Å². The lowest BCUT2D eigenvalue weighted by molar-refractivity contribution is 0.309. The summed E-state index contributed by atoms with van der Waals surface area (Å²) in [6.07, 6.45) is 0. The van der Waals surface area contributed by atoms with Crippen LogP contribution < -0.4 is 10.1 Å².